The van der Waals surface area contributed by atoms with Gasteiger partial charge in [0.1, 0.15) is 5.56 Å². The number of benzene rings is 2. The molecule has 0 radical (unpaired) electrons. The molecule has 0 fully saturated rings. The summed E-state index contributed by atoms with van der Waals surface area (Å²) in [5, 5.41) is 2.48. The lowest BCUT2D eigenvalue weighted by Crippen LogP contribution is -2.22. The lowest BCUT2D eigenvalue weighted by molar-refractivity contribution is -0.136. The molecule has 0 saturated carbocycles. The average Bonchev–Trinajstić information content (AvgIpc) is 2.67. The highest BCUT2D eigenvalue weighted by atomic mass is 19.4. The van der Waals surface area contributed by atoms with Crippen LogP contribution in [0.15, 0.2) is 51.7 Å². The summed E-state index contributed by atoms with van der Waals surface area (Å²) >= 11 is 0. The summed E-state index contributed by atoms with van der Waals surface area (Å²) in [5.74, 6) is -0.503. The number of hydrogen-bond donors (Lipinski definition) is 1. The first-order valence-electron chi connectivity index (χ1n) is 8.91. The molecule has 1 N–H and O–H groups in total. The number of rotatable bonds is 5. The number of para-hydroxylation sites is 1. The van der Waals surface area contributed by atoms with Crippen LogP contribution in [0.1, 0.15) is 29.8 Å². The van der Waals surface area contributed by atoms with Crippen LogP contribution in [0.5, 0.6) is 11.5 Å². The molecule has 3 rings (SSSR count). The van der Waals surface area contributed by atoms with Crippen molar-refractivity contribution in [2.45, 2.75) is 26.1 Å². The molecule has 158 valence electrons. The monoisotopic (exact) mass is 421 g/mol. The smallest absolute Gasteiger partial charge is 0.418 e. The van der Waals surface area contributed by atoms with Crippen LogP contribution in [0.2, 0.25) is 0 Å². The molecule has 0 aliphatic rings. The highest BCUT2D eigenvalue weighted by Gasteiger charge is 2.34. The Morgan fingerprint density at radius 2 is 1.83 bits per heavy atom. The van der Waals surface area contributed by atoms with E-state index in [1.54, 1.807) is 26.0 Å². The third-order valence-electron chi connectivity index (χ3n) is 4.12. The van der Waals surface area contributed by atoms with E-state index in [0.29, 0.717) is 11.1 Å². The zero-order valence-corrected chi connectivity index (χ0v) is 16.3. The second kappa shape index (κ2) is 8.10. The molecule has 1 heterocycles. The van der Waals surface area contributed by atoms with Gasteiger partial charge in [-0.3, -0.25) is 4.79 Å². The van der Waals surface area contributed by atoms with Gasteiger partial charge < -0.3 is 19.2 Å². The highest BCUT2D eigenvalue weighted by Crippen LogP contribution is 2.37. The van der Waals surface area contributed by atoms with E-state index in [-0.39, 0.29) is 17.4 Å². The minimum Gasteiger partial charge on any atom is -0.493 e. The van der Waals surface area contributed by atoms with Crippen molar-refractivity contribution in [2.75, 3.05) is 12.4 Å². The molecule has 0 aliphatic carbocycles. The lowest BCUT2D eigenvalue weighted by Gasteiger charge is -2.15. The minimum atomic E-state index is -4.67. The number of hydrogen-bond acceptors (Lipinski definition) is 5. The van der Waals surface area contributed by atoms with E-state index < -0.39 is 34.5 Å². The molecular formula is C21H18F3NO5. The van der Waals surface area contributed by atoms with Gasteiger partial charge in [-0.25, -0.2) is 4.79 Å². The Bertz CT molecular complexity index is 1150. The number of alkyl halides is 3. The fraction of sp³-hybridized carbons (Fsp3) is 0.238. The van der Waals surface area contributed by atoms with E-state index in [0.717, 1.165) is 12.1 Å². The molecule has 30 heavy (non-hydrogen) atoms. The van der Waals surface area contributed by atoms with Gasteiger partial charge in [0.2, 0.25) is 5.75 Å². The van der Waals surface area contributed by atoms with E-state index in [1.807, 2.05) is 0 Å². The third kappa shape index (κ3) is 4.24. The van der Waals surface area contributed by atoms with Gasteiger partial charge in [-0.2, -0.15) is 13.2 Å². The number of nitrogens with one attached hydrogen (secondary N) is 1. The molecular weight excluding hydrogens is 403 g/mol. The van der Waals surface area contributed by atoms with Crippen LogP contribution in [-0.4, -0.2) is 19.1 Å². The van der Waals surface area contributed by atoms with Crippen LogP contribution < -0.4 is 20.4 Å². The number of carbonyl (C=O) groups excluding carboxylic acids is 1. The van der Waals surface area contributed by atoms with E-state index in [9.17, 15) is 22.8 Å². The van der Waals surface area contributed by atoms with Gasteiger partial charge in [-0.15, -0.1) is 0 Å². The molecule has 2 aromatic carbocycles. The van der Waals surface area contributed by atoms with Crippen LogP contribution in [0.3, 0.4) is 0 Å². The number of fused-ring (bicyclic) bond motifs is 1. The third-order valence-corrected chi connectivity index (χ3v) is 4.12. The number of anilines is 1. The molecule has 1 amide bonds. The fourth-order valence-corrected chi connectivity index (χ4v) is 2.84. The molecule has 6 nitrogen and oxygen atoms in total. The largest absolute Gasteiger partial charge is 0.493 e. The van der Waals surface area contributed by atoms with Gasteiger partial charge in [0.15, 0.2) is 11.3 Å². The Morgan fingerprint density at radius 1 is 1.13 bits per heavy atom. The van der Waals surface area contributed by atoms with E-state index >= 15 is 0 Å². The fourth-order valence-electron chi connectivity index (χ4n) is 2.84. The van der Waals surface area contributed by atoms with E-state index in [1.165, 1.54) is 25.3 Å². The molecule has 1 aromatic heterocycles. The van der Waals surface area contributed by atoms with Crippen molar-refractivity contribution in [3.63, 3.8) is 0 Å². The molecule has 0 atom stereocenters. The normalized spacial score (nSPS) is 11.6. The SMILES string of the molecule is COc1ccc2cc(C(=O)Nc3ccccc3C(F)(F)F)c(=O)oc2c1OC(C)C. The molecule has 0 spiro atoms. The summed E-state index contributed by atoms with van der Waals surface area (Å²) in [6.45, 7) is 3.55. The standard InChI is InChI=1S/C21H18F3NO5/c1-11(2)29-18-16(28-3)9-8-12-10-13(20(27)30-17(12)18)19(26)25-15-7-5-4-6-14(15)21(22,23)24/h4-11H,1-3H3,(H,25,26). The molecule has 0 aliphatic heterocycles. The number of methoxy groups -OCH3 is 1. The topological polar surface area (TPSA) is 77.8 Å². The van der Waals surface area contributed by atoms with E-state index in [2.05, 4.69) is 5.32 Å². The average molecular weight is 421 g/mol. The van der Waals surface area contributed by atoms with Crippen LogP contribution in [-0.2, 0) is 6.18 Å². The summed E-state index contributed by atoms with van der Waals surface area (Å²) in [5.41, 5.74) is -2.89. The van der Waals surface area contributed by atoms with Crippen LogP contribution in [0.4, 0.5) is 18.9 Å². The maximum absolute atomic E-state index is 13.2. The zero-order chi connectivity index (χ0) is 22.1. The van der Waals surface area contributed by atoms with Crippen molar-refractivity contribution in [3.8, 4) is 11.5 Å². The van der Waals surface area contributed by atoms with Crippen molar-refractivity contribution >= 4 is 22.6 Å². The zero-order valence-electron chi connectivity index (χ0n) is 16.3. The predicted molar refractivity (Wildman–Crippen MR) is 104 cm³/mol. The molecule has 9 heteroatoms. The van der Waals surface area contributed by atoms with Gasteiger partial charge in [0.25, 0.3) is 5.91 Å². The maximum atomic E-state index is 13.2. The maximum Gasteiger partial charge on any atom is 0.418 e. The van der Waals surface area contributed by atoms with Gasteiger partial charge in [0.05, 0.1) is 24.5 Å². The van der Waals surface area contributed by atoms with Gasteiger partial charge >= 0.3 is 11.8 Å². The Hall–Kier alpha value is -3.49. The second-order valence-electron chi connectivity index (χ2n) is 6.63. The summed E-state index contributed by atoms with van der Waals surface area (Å²) in [6.07, 6.45) is -4.92. The van der Waals surface area contributed by atoms with Crippen molar-refractivity contribution in [2.24, 2.45) is 0 Å². The number of halogens is 3. The van der Waals surface area contributed by atoms with Crippen LogP contribution in [0.25, 0.3) is 11.0 Å². The summed E-state index contributed by atoms with van der Waals surface area (Å²) in [7, 11) is 1.42. The van der Waals surface area contributed by atoms with Crippen molar-refractivity contribution in [1.82, 2.24) is 0 Å². The lowest BCUT2D eigenvalue weighted by atomic mass is 10.1. The first-order valence-corrected chi connectivity index (χ1v) is 8.91. The Morgan fingerprint density at radius 3 is 2.47 bits per heavy atom. The first-order chi connectivity index (χ1) is 14.1. The number of amides is 1. The Labute approximate surface area is 169 Å². The van der Waals surface area contributed by atoms with Crippen molar-refractivity contribution in [1.29, 1.82) is 0 Å². The Kier molecular flexibility index (Phi) is 5.73. The van der Waals surface area contributed by atoms with Crippen LogP contribution >= 0.6 is 0 Å². The second-order valence-corrected chi connectivity index (χ2v) is 6.63. The molecule has 0 bridgehead atoms. The Balaban J connectivity index is 2.05. The van der Waals surface area contributed by atoms with Crippen molar-refractivity contribution < 1.29 is 31.9 Å². The molecule has 0 saturated heterocycles. The number of carbonyl (C=O) groups is 1. The molecule has 3 aromatic rings. The molecule has 0 unspecified atom stereocenters. The predicted octanol–water partition coefficient (Wildman–Crippen LogP) is 4.86. The van der Waals surface area contributed by atoms with Gasteiger partial charge in [0, 0.05) is 5.39 Å². The van der Waals surface area contributed by atoms with Gasteiger partial charge in [-0.05, 0) is 44.2 Å². The highest BCUT2D eigenvalue weighted by molar-refractivity contribution is 6.06. The van der Waals surface area contributed by atoms with Crippen LogP contribution in [0, 0.1) is 0 Å². The summed E-state index contributed by atoms with van der Waals surface area (Å²) in [4.78, 5) is 25.0. The van der Waals surface area contributed by atoms with E-state index in [4.69, 9.17) is 13.9 Å². The minimum absolute atomic E-state index is 0.0697. The number of ether oxygens (including phenoxy) is 2. The quantitative estimate of drug-likeness (QED) is 0.596. The first kappa shape index (κ1) is 21.2. The van der Waals surface area contributed by atoms with Gasteiger partial charge in [-0.1, -0.05) is 12.1 Å². The summed E-state index contributed by atoms with van der Waals surface area (Å²) in [6, 6.07) is 8.83. The van der Waals surface area contributed by atoms with Crippen molar-refractivity contribution in [3.05, 3.63) is 64.0 Å². The summed E-state index contributed by atoms with van der Waals surface area (Å²) < 4.78 is 55.6.